The van der Waals surface area contributed by atoms with E-state index in [1.807, 2.05) is 18.2 Å². The Morgan fingerprint density at radius 2 is 2.05 bits per heavy atom. The molecule has 0 fully saturated rings. The van der Waals surface area contributed by atoms with Gasteiger partial charge in [-0.2, -0.15) is 5.10 Å². The van der Waals surface area contributed by atoms with Gasteiger partial charge in [0, 0.05) is 11.8 Å². The maximum atomic E-state index is 13.4. The molecule has 0 aliphatic heterocycles. The van der Waals surface area contributed by atoms with Gasteiger partial charge in [0.1, 0.15) is 5.82 Å². The molecular formula is C15H13FN4. The lowest BCUT2D eigenvalue weighted by Crippen LogP contribution is -1.91. The van der Waals surface area contributed by atoms with E-state index >= 15 is 0 Å². The zero-order valence-corrected chi connectivity index (χ0v) is 10.9. The first-order valence-corrected chi connectivity index (χ1v) is 6.18. The summed E-state index contributed by atoms with van der Waals surface area (Å²) in [5, 5.41) is 6.94. The highest BCUT2D eigenvalue weighted by molar-refractivity contribution is 5.86. The van der Waals surface area contributed by atoms with Gasteiger partial charge in [-0.15, -0.1) is 0 Å². The van der Waals surface area contributed by atoms with Gasteiger partial charge in [-0.3, -0.25) is 10.1 Å². The number of H-pyrrole nitrogens is 1. The number of pyridine rings is 1. The summed E-state index contributed by atoms with van der Waals surface area (Å²) in [6, 6.07) is 10.5. The van der Waals surface area contributed by atoms with Crippen LogP contribution in [0.3, 0.4) is 0 Å². The van der Waals surface area contributed by atoms with Gasteiger partial charge in [0.25, 0.3) is 0 Å². The molecule has 1 aromatic carbocycles. The fraction of sp³-hybridized carbons (Fsp3) is 0.0667. The van der Waals surface area contributed by atoms with E-state index in [9.17, 15) is 4.39 Å². The molecule has 0 saturated carbocycles. The maximum absolute atomic E-state index is 13.4. The van der Waals surface area contributed by atoms with E-state index in [1.54, 1.807) is 25.3 Å². The van der Waals surface area contributed by atoms with Gasteiger partial charge >= 0.3 is 0 Å². The Morgan fingerprint density at radius 3 is 2.75 bits per heavy atom. The minimum atomic E-state index is -0.236. The van der Waals surface area contributed by atoms with Crippen LogP contribution in [0.2, 0.25) is 0 Å². The Bertz CT molecular complexity index is 750. The second-order valence-corrected chi connectivity index (χ2v) is 4.54. The van der Waals surface area contributed by atoms with Gasteiger partial charge in [0.2, 0.25) is 0 Å². The Labute approximate surface area is 115 Å². The van der Waals surface area contributed by atoms with Gasteiger partial charge in [0.15, 0.2) is 5.82 Å². The third kappa shape index (κ3) is 2.03. The van der Waals surface area contributed by atoms with Crippen LogP contribution in [0.1, 0.15) is 5.56 Å². The van der Waals surface area contributed by atoms with Gasteiger partial charge in [-0.05, 0) is 42.8 Å². The van der Waals surface area contributed by atoms with E-state index < -0.39 is 0 Å². The van der Waals surface area contributed by atoms with Crippen LogP contribution >= 0.6 is 0 Å². The lowest BCUT2D eigenvalue weighted by atomic mass is 10.0. The molecule has 2 heterocycles. The first-order chi connectivity index (χ1) is 9.66. The highest BCUT2D eigenvalue weighted by Crippen LogP contribution is 2.33. The summed E-state index contributed by atoms with van der Waals surface area (Å²) in [7, 11) is 0. The van der Waals surface area contributed by atoms with Crippen molar-refractivity contribution < 1.29 is 4.39 Å². The molecular weight excluding hydrogens is 255 g/mol. The monoisotopic (exact) mass is 268 g/mol. The fourth-order valence-corrected chi connectivity index (χ4v) is 2.14. The number of aromatic amines is 1. The van der Waals surface area contributed by atoms with Crippen LogP contribution in [0.25, 0.3) is 22.5 Å². The number of hydrogen-bond donors (Lipinski definition) is 2. The molecule has 20 heavy (non-hydrogen) atoms. The van der Waals surface area contributed by atoms with Crippen molar-refractivity contribution in [2.24, 2.45) is 0 Å². The van der Waals surface area contributed by atoms with Crippen molar-refractivity contribution in [2.75, 3.05) is 5.73 Å². The zero-order chi connectivity index (χ0) is 14.1. The van der Waals surface area contributed by atoms with E-state index in [1.165, 1.54) is 6.07 Å². The molecule has 0 aliphatic rings. The van der Waals surface area contributed by atoms with Crippen LogP contribution in [0.15, 0.2) is 42.6 Å². The van der Waals surface area contributed by atoms with Crippen LogP contribution < -0.4 is 5.73 Å². The van der Waals surface area contributed by atoms with Crippen molar-refractivity contribution in [1.82, 2.24) is 15.2 Å². The average molecular weight is 268 g/mol. The van der Waals surface area contributed by atoms with E-state index in [0.29, 0.717) is 11.4 Å². The first-order valence-electron chi connectivity index (χ1n) is 6.18. The van der Waals surface area contributed by atoms with E-state index in [0.717, 1.165) is 22.5 Å². The molecule has 0 spiro atoms. The Kier molecular flexibility index (Phi) is 2.95. The van der Waals surface area contributed by atoms with Gasteiger partial charge in [-0.1, -0.05) is 6.07 Å². The van der Waals surface area contributed by atoms with E-state index in [-0.39, 0.29) is 5.82 Å². The molecule has 0 bridgehead atoms. The number of nitrogens with one attached hydrogen (secondary N) is 1. The number of nitrogen functional groups attached to an aromatic ring is 1. The van der Waals surface area contributed by atoms with Crippen LogP contribution in [0, 0.1) is 12.7 Å². The molecule has 3 aromatic rings. The lowest BCUT2D eigenvalue weighted by molar-refractivity contribution is 0.619. The molecule has 4 nitrogen and oxygen atoms in total. The SMILES string of the molecule is Cc1cc(-c2[nH]nc(N)c2-c2ccccn2)ccc1F. The summed E-state index contributed by atoms with van der Waals surface area (Å²) in [6.45, 7) is 1.72. The third-order valence-corrected chi connectivity index (χ3v) is 3.16. The highest BCUT2D eigenvalue weighted by atomic mass is 19.1. The quantitative estimate of drug-likeness (QED) is 0.750. The maximum Gasteiger partial charge on any atom is 0.155 e. The second-order valence-electron chi connectivity index (χ2n) is 4.54. The molecule has 0 amide bonds. The van der Waals surface area contributed by atoms with Crippen molar-refractivity contribution in [3.8, 4) is 22.5 Å². The van der Waals surface area contributed by atoms with Crippen molar-refractivity contribution in [2.45, 2.75) is 6.92 Å². The Hall–Kier alpha value is -2.69. The van der Waals surface area contributed by atoms with Gasteiger partial charge in [-0.25, -0.2) is 4.39 Å². The number of aromatic nitrogens is 3. The third-order valence-electron chi connectivity index (χ3n) is 3.16. The molecule has 0 saturated heterocycles. The standard InChI is InChI=1S/C15H13FN4/c1-9-8-10(5-6-11(9)16)14-13(15(17)20-19-14)12-4-2-3-7-18-12/h2-8H,1H3,(H3,17,19,20). The highest BCUT2D eigenvalue weighted by Gasteiger charge is 2.16. The second kappa shape index (κ2) is 4.77. The summed E-state index contributed by atoms with van der Waals surface area (Å²) >= 11 is 0. The number of rotatable bonds is 2. The van der Waals surface area contributed by atoms with E-state index in [2.05, 4.69) is 15.2 Å². The average Bonchev–Trinajstić information content (AvgIpc) is 2.85. The van der Waals surface area contributed by atoms with Gasteiger partial charge < -0.3 is 5.73 Å². The topological polar surface area (TPSA) is 67.6 Å². The lowest BCUT2D eigenvalue weighted by Gasteiger charge is -2.05. The van der Waals surface area contributed by atoms with Gasteiger partial charge in [0.05, 0.1) is 17.0 Å². The first kappa shape index (κ1) is 12.3. The number of benzene rings is 1. The van der Waals surface area contributed by atoms with Crippen molar-refractivity contribution in [1.29, 1.82) is 0 Å². The number of aryl methyl sites for hydroxylation is 1. The number of nitrogens with two attached hydrogens (primary N) is 1. The van der Waals surface area contributed by atoms with Crippen molar-refractivity contribution in [3.05, 3.63) is 54.0 Å². The van der Waals surface area contributed by atoms with E-state index in [4.69, 9.17) is 5.73 Å². The largest absolute Gasteiger partial charge is 0.382 e. The smallest absolute Gasteiger partial charge is 0.155 e. The predicted molar refractivity (Wildman–Crippen MR) is 76.4 cm³/mol. The molecule has 3 N–H and O–H groups in total. The molecule has 3 rings (SSSR count). The summed E-state index contributed by atoms with van der Waals surface area (Å²) in [5.74, 6) is 0.140. The summed E-state index contributed by atoms with van der Waals surface area (Å²) in [4.78, 5) is 4.29. The number of nitrogens with zero attached hydrogens (tertiary/aromatic N) is 2. The van der Waals surface area contributed by atoms with Crippen molar-refractivity contribution in [3.63, 3.8) is 0 Å². The molecule has 100 valence electrons. The Balaban J connectivity index is 2.18. The predicted octanol–water partition coefficient (Wildman–Crippen LogP) is 3.17. The summed E-state index contributed by atoms with van der Waals surface area (Å²) < 4.78 is 13.4. The molecule has 0 radical (unpaired) electrons. The van der Waals surface area contributed by atoms with Crippen LogP contribution in [0.4, 0.5) is 10.2 Å². The number of anilines is 1. The zero-order valence-electron chi connectivity index (χ0n) is 10.9. The van der Waals surface area contributed by atoms with Crippen LogP contribution in [-0.4, -0.2) is 15.2 Å². The minimum Gasteiger partial charge on any atom is -0.382 e. The minimum absolute atomic E-state index is 0.236. The Morgan fingerprint density at radius 1 is 1.20 bits per heavy atom. The van der Waals surface area contributed by atoms with Crippen molar-refractivity contribution >= 4 is 5.82 Å². The summed E-state index contributed by atoms with van der Waals surface area (Å²) in [5.41, 5.74) is 9.53. The molecule has 0 unspecified atom stereocenters. The summed E-state index contributed by atoms with van der Waals surface area (Å²) in [6.07, 6.45) is 1.70. The molecule has 2 aromatic heterocycles. The normalized spacial score (nSPS) is 10.7. The van der Waals surface area contributed by atoms with Crippen LogP contribution in [-0.2, 0) is 0 Å². The number of halogens is 1. The molecule has 5 heteroatoms. The van der Waals surface area contributed by atoms with Crippen LogP contribution in [0.5, 0.6) is 0 Å². The fourth-order valence-electron chi connectivity index (χ4n) is 2.14. The number of hydrogen-bond acceptors (Lipinski definition) is 3. The molecule has 0 aliphatic carbocycles. The molecule has 0 atom stereocenters.